The van der Waals surface area contributed by atoms with Crippen LogP contribution in [0, 0.1) is 6.92 Å². The van der Waals surface area contributed by atoms with Crippen molar-refractivity contribution in [2.75, 3.05) is 13.7 Å². The predicted octanol–water partition coefficient (Wildman–Crippen LogP) is 4.20. The minimum absolute atomic E-state index is 0.313. The van der Waals surface area contributed by atoms with E-state index in [9.17, 15) is 9.59 Å². The van der Waals surface area contributed by atoms with Crippen molar-refractivity contribution in [3.63, 3.8) is 0 Å². The smallest absolute Gasteiger partial charge is 0.338 e. The minimum Gasteiger partial charge on any atom is -0.464 e. The van der Waals surface area contributed by atoms with Crippen LogP contribution in [-0.2, 0) is 16.1 Å². The van der Waals surface area contributed by atoms with Gasteiger partial charge in [0.25, 0.3) is 5.91 Å². The Morgan fingerprint density at radius 2 is 1.61 bits per heavy atom. The molecule has 6 nitrogen and oxygen atoms in total. The molecule has 1 amide bonds. The molecule has 1 aromatic heterocycles. The summed E-state index contributed by atoms with van der Waals surface area (Å²) in [6.45, 7) is 1.82. The van der Waals surface area contributed by atoms with Gasteiger partial charge in [0.1, 0.15) is 23.0 Å². The third-order valence-electron chi connectivity index (χ3n) is 4.01. The number of para-hydroxylation sites is 1. The Hall–Kier alpha value is -3.54. The molecule has 0 N–H and O–H groups in total. The number of amides is 1. The highest BCUT2D eigenvalue weighted by molar-refractivity contribution is 5.91. The first-order valence-electron chi connectivity index (χ1n) is 8.80. The molecule has 1 heterocycles. The van der Waals surface area contributed by atoms with Gasteiger partial charge in [-0.1, -0.05) is 18.2 Å². The van der Waals surface area contributed by atoms with Crippen LogP contribution in [0.15, 0.2) is 71.1 Å². The van der Waals surface area contributed by atoms with Gasteiger partial charge in [0.05, 0.1) is 12.1 Å². The number of ether oxygens (including phenoxy) is 2. The van der Waals surface area contributed by atoms with Gasteiger partial charge in [0, 0.05) is 7.05 Å². The monoisotopic (exact) mass is 379 g/mol. The fourth-order valence-corrected chi connectivity index (χ4v) is 2.50. The Morgan fingerprint density at radius 1 is 0.929 bits per heavy atom. The quantitative estimate of drug-likeness (QED) is 0.576. The maximum atomic E-state index is 12.2. The van der Waals surface area contributed by atoms with Crippen LogP contribution in [0.1, 0.15) is 21.9 Å². The van der Waals surface area contributed by atoms with Crippen LogP contribution in [0.25, 0.3) is 0 Å². The van der Waals surface area contributed by atoms with Crippen molar-refractivity contribution in [1.82, 2.24) is 4.90 Å². The van der Waals surface area contributed by atoms with Gasteiger partial charge in [0.15, 0.2) is 6.61 Å². The first-order valence-corrected chi connectivity index (χ1v) is 8.80. The Labute approximate surface area is 163 Å². The average molecular weight is 379 g/mol. The van der Waals surface area contributed by atoms with Gasteiger partial charge in [-0.25, -0.2) is 4.79 Å². The second kappa shape index (κ2) is 8.90. The Balaban J connectivity index is 1.49. The fraction of sp³-hybridized carbons (Fsp3) is 0.182. The number of nitrogens with zero attached hydrogens (tertiary/aromatic N) is 1. The predicted molar refractivity (Wildman–Crippen MR) is 103 cm³/mol. The molecule has 2 aromatic carbocycles. The standard InChI is InChI=1S/C22H21NO5/c1-16-8-11-20(27-16)14-23(2)21(24)15-26-22(25)17-9-12-19(13-10-17)28-18-6-4-3-5-7-18/h3-13H,14-15H2,1-2H3. The topological polar surface area (TPSA) is 69.0 Å². The molecule has 3 rings (SSSR count). The first-order chi connectivity index (χ1) is 13.5. The molecular weight excluding hydrogens is 358 g/mol. The van der Waals surface area contributed by atoms with Gasteiger partial charge >= 0.3 is 5.97 Å². The first kappa shape index (κ1) is 19.2. The summed E-state index contributed by atoms with van der Waals surface area (Å²) in [5.41, 5.74) is 0.345. The van der Waals surface area contributed by atoms with E-state index in [4.69, 9.17) is 13.9 Å². The normalized spacial score (nSPS) is 10.4. The molecule has 0 spiro atoms. The summed E-state index contributed by atoms with van der Waals surface area (Å²) in [4.78, 5) is 25.7. The average Bonchev–Trinajstić information content (AvgIpc) is 3.11. The molecule has 0 aliphatic heterocycles. The van der Waals surface area contributed by atoms with E-state index in [2.05, 4.69) is 0 Å². The molecule has 3 aromatic rings. The summed E-state index contributed by atoms with van der Waals surface area (Å²) in [5, 5.41) is 0. The number of aryl methyl sites for hydroxylation is 1. The maximum absolute atomic E-state index is 12.2. The van der Waals surface area contributed by atoms with E-state index >= 15 is 0 Å². The SMILES string of the molecule is Cc1ccc(CN(C)C(=O)COC(=O)c2ccc(Oc3ccccc3)cc2)o1. The van der Waals surface area contributed by atoms with Crippen molar-refractivity contribution in [1.29, 1.82) is 0 Å². The van der Waals surface area contributed by atoms with Crippen molar-refractivity contribution in [2.24, 2.45) is 0 Å². The second-order valence-corrected chi connectivity index (χ2v) is 6.28. The Morgan fingerprint density at radius 3 is 2.25 bits per heavy atom. The van der Waals surface area contributed by atoms with Gasteiger partial charge < -0.3 is 18.8 Å². The zero-order valence-electron chi connectivity index (χ0n) is 15.8. The Bertz CT molecular complexity index is 931. The van der Waals surface area contributed by atoms with E-state index < -0.39 is 5.97 Å². The molecular formula is C22H21NO5. The summed E-state index contributed by atoms with van der Waals surface area (Å²) in [6.07, 6.45) is 0. The zero-order chi connectivity index (χ0) is 19.9. The lowest BCUT2D eigenvalue weighted by Crippen LogP contribution is -2.30. The number of likely N-dealkylation sites (N-methyl/N-ethyl adjacent to an activating group) is 1. The third kappa shape index (κ3) is 5.23. The summed E-state index contributed by atoms with van der Waals surface area (Å²) < 4.78 is 16.2. The van der Waals surface area contributed by atoms with Crippen molar-refractivity contribution in [3.05, 3.63) is 83.8 Å². The van der Waals surface area contributed by atoms with E-state index in [-0.39, 0.29) is 12.5 Å². The van der Waals surface area contributed by atoms with Crippen molar-refractivity contribution < 1.29 is 23.5 Å². The molecule has 0 saturated heterocycles. The molecule has 0 aliphatic carbocycles. The molecule has 28 heavy (non-hydrogen) atoms. The summed E-state index contributed by atoms with van der Waals surface area (Å²) in [7, 11) is 1.63. The van der Waals surface area contributed by atoms with Gasteiger partial charge in [0.2, 0.25) is 0 Å². The number of esters is 1. The van der Waals surface area contributed by atoms with Crippen LogP contribution in [0.2, 0.25) is 0 Å². The molecule has 0 unspecified atom stereocenters. The van der Waals surface area contributed by atoms with Crippen molar-refractivity contribution in [2.45, 2.75) is 13.5 Å². The zero-order valence-corrected chi connectivity index (χ0v) is 15.8. The van der Waals surface area contributed by atoms with Gasteiger partial charge in [-0.2, -0.15) is 0 Å². The van der Waals surface area contributed by atoms with Crippen LogP contribution in [0.3, 0.4) is 0 Å². The van der Waals surface area contributed by atoms with E-state index in [0.29, 0.717) is 29.4 Å². The van der Waals surface area contributed by atoms with Crippen LogP contribution < -0.4 is 4.74 Å². The third-order valence-corrected chi connectivity index (χ3v) is 4.01. The number of hydrogen-bond donors (Lipinski definition) is 0. The highest BCUT2D eigenvalue weighted by Gasteiger charge is 2.15. The van der Waals surface area contributed by atoms with Crippen molar-refractivity contribution in [3.8, 4) is 11.5 Å². The van der Waals surface area contributed by atoms with Gasteiger partial charge in [-0.15, -0.1) is 0 Å². The Kier molecular flexibility index (Phi) is 6.11. The molecule has 6 heteroatoms. The summed E-state index contributed by atoms with van der Waals surface area (Å²) in [5.74, 6) is 1.88. The lowest BCUT2D eigenvalue weighted by molar-refractivity contribution is -0.134. The number of furan rings is 1. The van der Waals surface area contributed by atoms with E-state index in [1.54, 1.807) is 31.3 Å². The molecule has 0 fully saturated rings. The number of rotatable bonds is 7. The van der Waals surface area contributed by atoms with Gasteiger partial charge in [-0.3, -0.25) is 4.79 Å². The van der Waals surface area contributed by atoms with Crippen LogP contribution >= 0.6 is 0 Å². The highest BCUT2D eigenvalue weighted by atomic mass is 16.5. The molecule has 0 aliphatic rings. The fourth-order valence-electron chi connectivity index (χ4n) is 2.50. The van der Waals surface area contributed by atoms with Crippen LogP contribution in [-0.4, -0.2) is 30.4 Å². The van der Waals surface area contributed by atoms with E-state index in [1.165, 1.54) is 4.90 Å². The highest BCUT2D eigenvalue weighted by Crippen LogP contribution is 2.21. The second-order valence-electron chi connectivity index (χ2n) is 6.28. The van der Waals surface area contributed by atoms with Crippen molar-refractivity contribution >= 4 is 11.9 Å². The minimum atomic E-state index is -0.568. The number of hydrogen-bond acceptors (Lipinski definition) is 5. The maximum Gasteiger partial charge on any atom is 0.338 e. The van der Waals surface area contributed by atoms with Crippen LogP contribution in [0.4, 0.5) is 0 Å². The van der Waals surface area contributed by atoms with Gasteiger partial charge in [-0.05, 0) is 55.5 Å². The number of carbonyl (C=O) groups excluding carboxylic acids is 2. The summed E-state index contributed by atoms with van der Waals surface area (Å²) >= 11 is 0. The molecule has 0 bridgehead atoms. The van der Waals surface area contributed by atoms with E-state index in [1.807, 2.05) is 49.4 Å². The number of benzene rings is 2. The van der Waals surface area contributed by atoms with E-state index in [0.717, 1.165) is 5.76 Å². The molecule has 0 radical (unpaired) electrons. The lowest BCUT2D eigenvalue weighted by Gasteiger charge is -2.15. The lowest BCUT2D eigenvalue weighted by atomic mass is 10.2. The largest absolute Gasteiger partial charge is 0.464 e. The number of carbonyl (C=O) groups is 2. The molecule has 144 valence electrons. The van der Waals surface area contributed by atoms with Crippen LogP contribution in [0.5, 0.6) is 11.5 Å². The molecule has 0 saturated carbocycles. The summed E-state index contributed by atoms with van der Waals surface area (Å²) in [6, 6.07) is 19.5. The molecule has 0 atom stereocenters.